The van der Waals surface area contributed by atoms with Gasteiger partial charge in [0.05, 0.1) is 18.5 Å². The number of thioether (sulfide) groups is 1. The highest BCUT2D eigenvalue weighted by Gasteiger charge is 2.19. The second kappa shape index (κ2) is 12.6. The van der Waals surface area contributed by atoms with Gasteiger partial charge in [-0.3, -0.25) is 4.79 Å². The smallest absolute Gasteiger partial charge is 0.251 e. The first-order valence-corrected chi connectivity index (χ1v) is 13.8. The van der Waals surface area contributed by atoms with E-state index in [1.807, 2.05) is 0 Å². The lowest BCUT2D eigenvalue weighted by Gasteiger charge is -2.11. The van der Waals surface area contributed by atoms with Crippen molar-refractivity contribution in [2.24, 2.45) is 0 Å². The molecule has 0 bridgehead atoms. The number of ether oxygens (including phenoxy) is 1. The third-order valence-electron chi connectivity index (χ3n) is 6.34. The largest absolute Gasteiger partial charge is 0.497 e. The number of nitrogens with one attached hydrogen (secondary N) is 1. The summed E-state index contributed by atoms with van der Waals surface area (Å²) in [4.78, 5) is 17.5. The number of imidazole rings is 1. The van der Waals surface area contributed by atoms with E-state index in [2.05, 4.69) is 79.2 Å². The first-order chi connectivity index (χ1) is 18.0. The minimum atomic E-state index is -0.0534. The number of aryl methyl sites for hydroxylation is 2. The molecule has 192 valence electrons. The monoisotopic (exact) mass is 513 g/mol. The molecule has 1 heterocycles. The van der Waals surface area contributed by atoms with Crippen molar-refractivity contribution in [2.75, 3.05) is 19.4 Å². The molecule has 0 radical (unpaired) electrons. The summed E-state index contributed by atoms with van der Waals surface area (Å²) in [6.45, 7) is 7.90. The number of unbranched alkanes of at least 4 members (excludes halogenated alkanes) is 1. The predicted molar refractivity (Wildman–Crippen MR) is 154 cm³/mol. The molecular weight excluding hydrogens is 478 g/mol. The van der Waals surface area contributed by atoms with Crippen LogP contribution in [0.3, 0.4) is 0 Å². The molecular formula is C31H35N3O2S. The molecule has 0 saturated carbocycles. The Bertz CT molecular complexity index is 1310. The molecule has 6 heteroatoms. The molecule has 4 rings (SSSR count). The number of carbonyl (C=O) groups excluding carboxylic acids is 1. The maximum absolute atomic E-state index is 12.4. The van der Waals surface area contributed by atoms with Crippen LogP contribution in [0.25, 0.3) is 22.5 Å². The van der Waals surface area contributed by atoms with Crippen molar-refractivity contribution in [3.8, 4) is 28.3 Å². The van der Waals surface area contributed by atoms with Crippen molar-refractivity contribution in [2.45, 2.75) is 45.3 Å². The van der Waals surface area contributed by atoms with Crippen molar-refractivity contribution >= 4 is 17.7 Å². The van der Waals surface area contributed by atoms with Crippen LogP contribution in [0, 0.1) is 13.8 Å². The average molecular weight is 514 g/mol. The number of nitrogens with zero attached hydrogens (tertiary/aromatic N) is 2. The first kappa shape index (κ1) is 26.6. The number of benzene rings is 3. The van der Waals surface area contributed by atoms with Gasteiger partial charge in [-0.05, 0) is 57.9 Å². The van der Waals surface area contributed by atoms with E-state index in [0.29, 0.717) is 12.1 Å². The minimum Gasteiger partial charge on any atom is -0.497 e. The molecule has 0 atom stereocenters. The van der Waals surface area contributed by atoms with Gasteiger partial charge in [0.15, 0.2) is 5.16 Å². The number of carbonyl (C=O) groups is 1. The fourth-order valence-corrected chi connectivity index (χ4v) is 5.25. The van der Waals surface area contributed by atoms with Crippen LogP contribution in [0.4, 0.5) is 0 Å². The third kappa shape index (κ3) is 6.63. The van der Waals surface area contributed by atoms with Crippen LogP contribution in [0.15, 0.2) is 78.0 Å². The van der Waals surface area contributed by atoms with Crippen LogP contribution in [-0.4, -0.2) is 34.9 Å². The Hall–Kier alpha value is -3.51. The lowest BCUT2D eigenvalue weighted by molar-refractivity contribution is 0.0953. The Morgan fingerprint density at radius 3 is 2.11 bits per heavy atom. The molecule has 37 heavy (non-hydrogen) atoms. The number of amides is 1. The van der Waals surface area contributed by atoms with Crippen LogP contribution in [-0.2, 0) is 6.54 Å². The quantitative estimate of drug-likeness (QED) is 0.171. The van der Waals surface area contributed by atoms with E-state index in [1.54, 1.807) is 43.1 Å². The fourth-order valence-electron chi connectivity index (χ4n) is 4.19. The summed E-state index contributed by atoms with van der Waals surface area (Å²) < 4.78 is 7.48. The van der Waals surface area contributed by atoms with Crippen molar-refractivity contribution in [1.82, 2.24) is 14.9 Å². The zero-order valence-corrected chi connectivity index (χ0v) is 22.9. The van der Waals surface area contributed by atoms with E-state index in [9.17, 15) is 4.79 Å². The van der Waals surface area contributed by atoms with E-state index in [4.69, 9.17) is 9.72 Å². The molecule has 0 unspecified atom stereocenters. The van der Waals surface area contributed by atoms with Gasteiger partial charge in [0.2, 0.25) is 0 Å². The highest BCUT2D eigenvalue weighted by Crippen LogP contribution is 2.36. The van der Waals surface area contributed by atoms with Gasteiger partial charge in [-0.15, -0.1) is 0 Å². The zero-order valence-electron chi connectivity index (χ0n) is 22.1. The molecule has 1 amide bonds. The summed E-state index contributed by atoms with van der Waals surface area (Å²) in [6.07, 6.45) is 1.90. The Balaban J connectivity index is 1.41. The van der Waals surface area contributed by atoms with Crippen molar-refractivity contribution in [3.63, 3.8) is 0 Å². The van der Waals surface area contributed by atoms with Crippen LogP contribution in [0.5, 0.6) is 5.75 Å². The second-order valence-corrected chi connectivity index (χ2v) is 10.2. The standard InChI is InChI=1S/C31H35N3O2S/c1-5-34-29(25-14-10-23(3)11-15-25)28(24-12-8-22(2)9-13-24)33-31(34)37-21-7-6-20-32-30(35)26-16-18-27(36-4)19-17-26/h8-19H,5-7,20-21H2,1-4H3,(H,32,35). The van der Waals surface area contributed by atoms with Crippen LogP contribution in [0.1, 0.15) is 41.3 Å². The number of methoxy groups -OCH3 is 1. The van der Waals surface area contributed by atoms with Crippen LogP contribution >= 0.6 is 11.8 Å². The van der Waals surface area contributed by atoms with E-state index in [-0.39, 0.29) is 5.91 Å². The van der Waals surface area contributed by atoms with Crippen LogP contribution in [0.2, 0.25) is 0 Å². The molecule has 0 aliphatic carbocycles. The summed E-state index contributed by atoms with van der Waals surface area (Å²) in [5.41, 5.74) is 7.65. The summed E-state index contributed by atoms with van der Waals surface area (Å²) in [5.74, 6) is 1.63. The number of hydrogen-bond acceptors (Lipinski definition) is 4. The molecule has 0 aliphatic heterocycles. The van der Waals surface area contributed by atoms with Gasteiger partial charge in [-0.1, -0.05) is 71.4 Å². The van der Waals surface area contributed by atoms with E-state index in [1.165, 1.54) is 22.4 Å². The highest BCUT2D eigenvalue weighted by molar-refractivity contribution is 7.99. The van der Waals surface area contributed by atoms with Gasteiger partial charge in [0.25, 0.3) is 5.91 Å². The van der Waals surface area contributed by atoms with Crippen molar-refractivity contribution < 1.29 is 9.53 Å². The van der Waals surface area contributed by atoms with E-state index in [0.717, 1.165) is 47.3 Å². The first-order valence-electron chi connectivity index (χ1n) is 12.8. The summed E-state index contributed by atoms with van der Waals surface area (Å²) >= 11 is 1.79. The highest BCUT2D eigenvalue weighted by atomic mass is 32.2. The molecule has 5 nitrogen and oxygen atoms in total. The van der Waals surface area contributed by atoms with Gasteiger partial charge in [-0.2, -0.15) is 0 Å². The van der Waals surface area contributed by atoms with Crippen LogP contribution < -0.4 is 10.1 Å². The van der Waals surface area contributed by atoms with Crippen molar-refractivity contribution in [1.29, 1.82) is 0 Å². The van der Waals surface area contributed by atoms with E-state index >= 15 is 0 Å². The Morgan fingerprint density at radius 2 is 1.51 bits per heavy atom. The number of aromatic nitrogens is 2. The molecule has 3 aromatic carbocycles. The average Bonchev–Trinajstić information content (AvgIpc) is 3.29. The van der Waals surface area contributed by atoms with E-state index < -0.39 is 0 Å². The maximum atomic E-state index is 12.4. The van der Waals surface area contributed by atoms with Crippen molar-refractivity contribution in [3.05, 3.63) is 89.5 Å². The number of hydrogen-bond donors (Lipinski definition) is 1. The lowest BCUT2D eigenvalue weighted by atomic mass is 10.0. The topological polar surface area (TPSA) is 56.2 Å². The van der Waals surface area contributed by atoms with Gasteiger partial charge in [-0.25, -0.2) is 4.98 Å². The number of rotatable bonds is 11. The Labute approximate surface area is 224 Å². The molecule has 1 N–H and O–H groups in total. The summed E-state index contributed by atoms with van der Waals surface area (Å²) in [7, 11) is 1.62. The van der Waals surface area contributed by atoms with Gasteiger partial charge in [0.1, 0.15) is 5.75 Å². The molecule has 0 aliphatic rings. The third-order valence-corrected chi connectivity index (χ3v) is 7.40. The molecule has 4 aromatic rings. The fraction of sp³-hybridized carbons (Fsp3) is 0.290. The molecule has 0 fully saturated rings. The molecule has 0 saturated heterocycles. The van der Waals surface area contributed by atoms with Gasteiger partial charge in [0, 0.05) is 35.5 Å². The maximum Gasteiger partial charge on any atom is 0.251 e. The van der Waals surface area contributed by atoms with Gasteiger partial charge < -0.3 is 14.6 Å². The predicted octanol–water partition coefficient (Wildman–Crippen LogP) is 7.16. The zero-order chi connectivity index (χ0) is 26.2. The lowest BCUT2D eigenvalue weighted by Crippen LogP contribution is -2.24. The second-order valence-electron chi connectivity index (χ2n) is 9.11. The summed E-state index contributed by atoms with van der Waals surface area (Å²) in [5, 5.41) is 4.05. The Kier molecular flexibility index (Phi) is 9.07. The molecule has 0 spiro atoms. The normalized spacial score (nSPS) is 10.9. The summed E-state index contributed by atoms with van der Waals surface area (Å²) in [6, 6.07) is 24.5. The SMILES string of the molecule is CCn1c(SCCCCNC(=O)c2ccc(OC)cc2)nc(-c2ccc(C)cc2)c1-c1ccc(C)cc1. The minimum absolute atomic E-state index is 0.0534. The Morgan fingerprint density at radius 1 is 0.892 bits per heavy atom. The van der Waals surface area contributed by atoms with Gasteiger partial charge >= 0.3 is 0 Å². The molecule has 1 aromatic heterocycles.